The lowest BCUT2D eigenvalue weighted by atomic mass is 9.95. The first-order valence-electron chi connectivity index (χ1n) is 12.6. The van der Waals surface area contributed by atoms with Crippen LogP contribution in [0.25, 0.3) is 0 Å². The van der Waals surface area contributed by atoms with Gasteiger partial charge in [0, 0.05) is 29.4 Å². The molecule has 11 heteroatoms. The molecule has 41 heavy (non-hydrogen) atoms. The highest BCUT2D eigenvalue weighted by molar-refractivity contribution is 6.09. The molecule has 0 aliphatic carbocycles. The molecule has 0 saturated carbocycles. The molecule has 3 aromatic carbocycles. The Morgan fingerprint density at radius 3 is 1.88 bits per heavy atom. The molecular formula is C30H30F6N2O3. The summed E-state index contributed by atoms with van der Waals surface area (Å²) in [5, 5.41) is 6.14. The van der Waals surface area contributed by atoms with Crippen LogP contribution in [0.3, 0.4) is 0 Å². The van der Waals surface area contributed by atoms with Crippen LogP contribution >= 0.6 is 0 Å². The predicted octanol–water partition coefficient (Wildman–Crippen LogP) is 7.04. The summed E-state index contributed by atoms with van der Waals surface area (Å²) >= 11 is 0. The minimum atomic E-state index is -4.64. The molecule has 1 amide bonds. The molecule has 0 spiro atoms. The fourth-order valence-corrected chi connectivity index (χ4v) is 3.64. The van der Waals surface area contributed by atoms with Crippen molar-refractivity contribution in [3.05, 3.63) is 101 Å². The molecular weight excluding hydrogens is 550 g/mol. The Balaban J connectivity index is 0.000000883. The van der Waals surface area contributed by atoms with Gasteiger partial charge in [-0.2, -0.15) is 26.3 Å². The molecule has 0 aliphatic heterocycles. The minimum Gasteiger partial charge on any atom is -0.380 e. The fourth-order valence-electron chi connectivity index (χ4n) is 3.64. The zero-order valence-corrected chi connectivity index (χ0v) is 22.5. The number of hydrogen-bond donors (Lipinski definition) is 2. The number of rotatable bonds is 9. The number of hydrogen-bond acceptors (Lipinski definition) is 4. The lowest BCUT2D eigenvalue weighted by Crippen LogP contribution is -2.41. The van der Waals surface area contributed by atoms with Crippen molar-refractivity contribution < 1.29 is 40.7 Å². The molecule has 0 saturated heterocycles. The number of amides is 1. The van der Waals surface area contributed by atoms with Gasteiger partial charge in [-0.15, -0.1) is 0 Å². The minimum absolute atomic E-state index is 0.110. The van der Waals surface area contributed by atoms with E-state index in [1.54, 1.807) is 49.4 Å². The molecule has 3 rings (SSSR count). The van der Waals surface area contributed by atoms with E-state index in [0.717, 1.165) is 17.7 Å². The van der Waals surface area contributed by atoms with Gasteiger partial charge in [0.05, 0.1) is 11.5 Å². The van der Waals surface area contributed by atoms with E-state index in [1.165, 1.54) is 12.1 Å². The van der Waals surface area contributed by atoms with Gasteiger partial charge in [0.15, 0.2) is 5.78 Å². The van der Waals surface area contributed by atoms with E-state index in [4.69, 9.17) is 4.79 Å². The number of nitrogens with one attached hydrogen (secondary N) is 2. The van der Waals surface area contributed by atoms with E-state index < -0.39 is 30.1 Å². The third-order valence-corrected chi connectivity index (χ3v) is 6.08. The van der Waals surface area contributed by atoms with Crippen molar-refractivity contribution in [2.45, 2.75) is 45.1 Å². The highest BCUT2D eigenvalue weighted by Gasteiger charge is 2.30. The third kappa shape index (κ3) is 10.7. The summed E-state index contributed by atoms with van der Waals surface area (Å²) < 4.78 is 69.7. The molecule has 0 heterocycles. The Labute approximate surface area is 234 Å². The normalized spacial score (nSPS) is 12.9. The highest BCUT2D eigenvalue weighted by atomic mass is 19.4. The van der Waals surface area contributed by atoms with Crippen molar-refractivity contribution in [2.75, 3.05) is 11.9 Å². The maximum atomic E-state index is 12.9. The summed E-state index contributed by atoms with van der Waals surface area (Å²) in [5.74, 6) is -0.688. The Hall–Kier alpha value is -4.15. The largest absolute Gasteiger partial charge is 0.446 e. The van der Waals surface area contributed by atoms with Crippen LogP contribution in [-0.4, -0.2) is 36.7 Å². The van der Waals surface area contributed by atoms with Crippen LogP contribution in [0.4, 0.5) is 32.0 Å². The van der Waals surface area contributed by atoms with Gasteiger partial charge in [-0.1, -0.05) is 62.4 Å². The van der Waals surface area contributed by atoms with Gasteiger partial charge >= 0.3 is 12.4 Å². The van der Waals surface area contributed by atoms with Crippen LogP contribution in [0.15, 0.2) is 78.9 Å². The Bertz CT molecular complexity index is 1290. The van der Waals surface area contributed by atoms with Gasteiger partial charge in [-0.25, -0.2) is 0 Å². The number of carbonyl (C=O) groups excluding carboxylic acids is 3. The molecule has 1 unspecified atom stereocenters. The molecule has 0 bridgehead atoms. The fraction of sp³-hybridized carbons (Fsp3) is 0.300. The summed E-state index contributed by atoms with van der Waals surface area (Å²) in [7, 11) is 0. The number of ketones is 1. The molecule has 0 fully saturated rings. The monoisotopic (exact) mass is 580 g/mol. The summed E-state index contributed by atoms with van der Waals surface area (Å²) in [6, 6.07) is 20.6. The van der Waals surface area contributed by atoms with E-state index in [9.17, 15) is 35.9 Å². The van der Waals surface area contributed by atoms with Crippen molar-refractivity contribution >= 4 is 23.7 Å². The lowest BCUT2D eigenvalue weighted by molar-refractivity contribution is -0.156. The van der Waals surface area contributed by atoms with Gasteiger partial charge in [-0.05, 0) is 48.7 Å². The molecule has 3 aromatic rings. The second-order valence-corrected chi connectivity index (χ2v) is 9.52. The maximum absolute atomic E-state index is 12.9. The van der Waals surface area contributed by atoms with Crippen LogP contribution in [-0.2, 0) is 15.8 Å². The van der Waals surface area contributed by atoms with Crippen molar-refractivity contribution in [1.29, 1.82) is 0 Å². The topological polar surface area (TPSA) is 75.3 Å². The van der Waals surface area contributed by atoms with Gasteiger partial charge in [0.2, 0.25) is 12.2 Å². The van der Waals surface area contributed by atoms with Crippen LogP contribution in [0.5, 0.6) is 0 Å². The van der Waals surface area contributed by atoms with Crippen molar-refractivity contribution in [1.82, 2.24) is 5.32 Å². The van der Waals surface area contributed by atoms with E-state index in [2.05, 4.69) is 10.6 Å². The molecule has 5 nitrogen and oxygen atoms in total. The molecule has 220 valence electrons. The van der Waals surface area contributed by atoms with Gasteiger partial charge in [-0.3, -0.25) is 14.4 Å². The van der Waals surface area contributed by atoms with E-state index in [0.29, 0.717) is 23.4 Å². The standard InChI is InChI=1S/C28H29F3N2O2.C2HF3O/c1-18(2)25(33-24-14-12-23(13-15-24)28(29,30)31)17-32-27(35)19(3)21-10-7-11-22(16-21)26(34)20-8-5-4-6-9-20;3-2(4,5)1-6/h4-16,18-19,25,33H,17H2,1-3H3,(H,32,35);1H/t19?,25-;/m0./s1. The van der Waals surface area contributed by atoms with Gasteiger partial charge < -0.3 is 10.6 Å². The Kier molecular flexibility index (Phi) is 11.7. The number of halogens is 6. The SMILES string of the molecule is CC(C(=O)NC[C@H](Nc1ccc(C(F)(F)F)cc1)C(C)C)c1cccc(C(=O)c2ccccc2)c1.O=CC(F)(F)F. The number of aldehydes is 1. The van der Waals surface area contributed by atoms with E-state index in [-0.39, 0.29) is 23.7 Å². The first kappa shape index (κ1) is 33.1. The molecule has 0 radical (unpaired) electrons. The number of benzene rings is 3. The van der Waals surface area contributed by atoms with Gasteiger partial charge in [0.1, 0.15) is 0 Å². The quantitative estimate of drug-likeness (QED) is 0.162. The third-order valence-electron chi connectivity index (χ3n) is 6.08. The molecule has 2 N–H and O–H groups in total. The predicted molar refractivity (Wildman–Crippen MR) is 144 cm³/mol. The van der Waals surface area contributed by atoms with Gasteiger partial charge in [0.25, 0.3) is 0 Å². The average Bonchev–Trinajstić information content (AvgIpc) is 2.94. The van der Waals surface area contributed by atoms with E-state index in [1.807, 2.05) is 26.0 Å². The van der Waals surface area contributed by atoms with Crippen molar-refractivity contribution in [3.8, 4) is 0 Å². The lowest BCUT2D eigenvalue weighted by Gasteiger charge is -2.25. The first-order chi connectivity index (χ1) is 19.1. The summed E-state index contributed by atoms with van der Waals surface area (Å²) in [4.78, 5) is 34.3. The second-order valence-electron chi connectivity index (χ2n) is 9.52. The van der Waals surface area contributed by atoms with Crippen LogP contribution in [0.2, 0.25) is 0 Å². The Morgan fingerprint density at radius 1 is 0.805 bits per heavy atom. The first-order valence-corrected chi connectivity index (χ1v) is 12.6. The van der Waals surface area contributed by atoms with Crippen LogP contribution in [0, 0.1) is 5.92 Å². The average molecular weight is 581 g/mol. The summed E-state index contributed by atoms with van der Waals surface area (Å²) in [6.45, 7) is 6.01. The zero-order chi connectivity index (χ0) is 30.8. The van der Waals surface area contributed by atoms with E-state index >= 15 is 0 Å². The highest BCUT2D eigenvalue weighted by Crippen LogP contribution is 2.30. The maximum Gasteiger partial charge on any atom is 0.446 e. The number of carbonyl (C=O) groups is 3. The molecule has 0 aliphatic rings. The number of alkyl halides is 6. The van der Waals surface area contributed by atoms with Crippen molar-refractivity contribution in [2.24, 2.45) is 5.92 Å². The summed E-state index contributed by atoms with van der Waals surface area (Å²) in [6.07, 6.45) is -10.1. The van der Waals surface area contributed by atoms with Crippen LogP contribution < -0.4 is 10.6 Å². The number of anilines is 1. The summed E-state index contributed by atoms with van der Waals surface area (Å²) in [5.41, 5.74) is 1.65. The Morgan fingerprint density at radius 2 is 1.37 bits per heavy atom. The molecule has 2 atom stereocenters. The smallest absolute Gasteiger partial charge is 0.380 e. The van der Waals surface area contributed by atoms with Crippen molar-refractivity contribution in [3.63, 3.8) is 0 Å². The van der Waals surface area contributed by atoms with Crippen LogP contribution in [0.1, 0.15) is 53.7 Å². The zero-order valence-electron chi connectivity index (χ0n) is 22.5. The second kappa shape index (κ2) is 14.5. The molecule has 0 aromatic heterocycles.